The number of carbonyl (C=O) groups excluding carboxylic acids is 2. The summed E-state index contributed by atoms with van der Waals surface area (Å²) in [4.78, 5) is 60.0. The van der Waals surface area contributed by atoms with E-state index in [1.54, 1.807) is 12.1 Å². The van der Waals surface area contributed by atoms with Crippen molar-refractivity contribution in [1.82, 2.24) is 29.8 Å². The molecule has 0 aliphatic heterocycles. The van der Waals surface area contributed by atoms with Crippen LogP contribution < -0.4 is 0 Å². The van der Waals surface area contributed by atoms with Gasteiger partial charge in [0.05, 0.1) is 24.5 Å². The minimum Gasteiger partial charge on any atom is -0.456 e. The van der Waals surface area contributed by atoms with Crippen LogP contribution in [-0.2, 0) is 45.3 Å². The first-order valence-corrected chi connectivity index (χ1v) is 17.2. The van der Waals surface area contributed by atoms with Crippen molar-refractivity contribution in [1.29, 1.82) is 0 Å². The average molecular weight is 763 g/mol. The van der Waals surface area contributed by atoms with E-state index in [0.29, 0.717) is 42.6 Å². The fraction of sp³-hybridized carbons (Fsp3) is 0.314. The fourth-order valence-electron chi connectivity index (χ4n) is 5.30. The molecule has 18 nitrogen and oxygen atoms in total. The molecule has 0 bridgehead atoms. The number of halogens is 1. The zero-order chi connectivity index (χ0) is 38.5. The van der Waals surface area contributed by atoms with Crippen molar-refractivity contribution in [3.8, 4) is 22.5 Å². The van der Waals surface area contributed by atoms with Crippen molar-refractivity contribution >= 4 is 23.7 Å². The quantitative estimate of drug-likeness (QED) is 0.0391. The summed E-state index contributed by atoms with van der Waals surface area (Å²) in [5, 5.41) is 31.3. The van der Waals surface area contributed by atoms with E-state index in [2.05, 4.69) is 37.0 Å². The minimum atomic E-state index is -0.884. The van der Waals surface area contributed by atoms with Gasteiger partial charge in [-0.05, 0) is 58.9 Å². The van der Waals surface area contributed by atoms with Crippen LogP contribution in [-0.4, -0.2) is 65.2 Å². The molecular weight excluding hydrogens is 728 g/mol. The molecule has 0 aliphatic rings. The van der Waals surface area contributed by atoms with E-state index in [-0.39, 0.29) is 43.0 Å². The van der Waals surface area contributed by atoms with Crippen LogP contribution in [0.15, 0.2) is 72.8 Å². The number of hydrogen-bond acceptors (Lipinski definition) is 14. The highest BCUT2D eigenvalue weighted by Gasteiger charge is 2.20. The van der Waals surface area contributed by atoms with Crippen molar-refractivity contribution in [3.63, 3.8) is 0 Å². The van der Waals surface area contributed by atoms with Gasteiger partial charge in [0, 0.05) is 18.5 Å². The third-order valence-corrected chi connectivity index (χ3v) is 8.34. The van der Waals surface area contributed by atoms with Gasteiger partial charge in [-0.25, -0.2) is 14.6 Å². The first-order chi connectivity index (χ1) is 26.1. The van der Waals surface area contributed by atoms with Gasteiger partial charge < -0.3 is 23.7 Å². The number of hydrogen-bond donors (Lipinski definition) is 0. The Hall–Kier alpha value is -6.43. The Morgan fingerprint density at radius 2 is 1.50 bits per heavy atom. The molecule has 5 aromatic rings. The van der Waals surface area contributed by atoms with E-state index >= 15 is 0 Å². The third-order valence-electron chi connectivity index (χ3n) is 8.03. The van der Waals surface area contributed by atoms with E-state index < -0.39 is 22.2 Å². The molecule has 0 amide bonds. The minimum absolute atomic E-state index is 0.000588. The van der Waals surface area contributed by atoms with Crippen molar-refractivity contribution in [3.05, 3.63) is 126 Å². The molecule has 3 aromatic carbocycles. The highest BCUT2D eigenvalue weighted by molar-refractivity contribution is 6.30. The lowest BCUT2D eigenvalue weighted by molar-refractivity contribution is -0.763. The zero-order valence-corrected chi connectivity index (χ0v) is 29.8. The monoisotopic (exact) mass is 762 g/mol. The van der Waals surface area contributed by atoms with Gasteiger partial charge in [-0.1, -0.05) is 90.4 Å². The molecule has 54 heavy (non-hydrogen) atoms. The molecule has 19 heteroatoms. The number of ether oxygens (including phenoxy) is 2. The molecule has 0 saturated carbocycles. The molecule has 0 N–H and O–H groups in total. The Balaban J connectivity index is 1.27. The second-order valence-corrected chi connectivity index (χ2v) is 12.1. The average Bonchev–Trinajstić information content (AvgIpc) is 3.78. The Morgan fingerprint density at radius 1 is 0.815 bits per heavy atom. The van der Waals surface area contributed by atoms with Gasteiger partial charge in [-0.3, -0.25) is 0 Å². The van der Waals surface area contributed by atoms with Crippen LogP contribution in [0.25, 0.3) is 22.5 Å². The maximum absolute atomic E-state index is 12.9. The summed E-state index contributed by atoms with van der Waals surface area (Å²) in [6, 6.07) is 21.3. The predicted octanol–water partition coefficient (Wildman–Crippen LogP) is 6.29. The smallest absolute Gasteiger partial charge is 0.453 e. The lowest BCUT2D eigenvalue weighted by Crippen LogP contribution is -2.17. The number of carbonyl (C=O) groups is 2. The number of benzene rings is 3. The second-order valence-electron chi connectivity index (χ2n) is 11.7. The molecule has 0 spiro atoms. The first-order valence-electron chi connectivity index (χ1n) is 16.8. The van der Waals surface area contributed by atoms with Gasteiger partial charge in [-0.2, -0.15) is 0 Å². The number of aromatic nitrogens is 6. The Morgan fingerprint density at radius 3 is 2.20 bits per heavy atom. The second kappa shape index (κ2) is 18.9. The van der Waals surface area contributed by atoms with Crippen LogP contribution in [0.2, 0.25) is 5.15 Å². The van der Waals surface area contributed by atoms with Gasteiger partial charge in [0.2, 0.25) is 5.82 Å². The van der Waals surface area contributed by atoms with E-state index in [1.165, 1.54) is 12.1 Å². The van der Waals surface area contributed by atoms with E-state index in [9.17, 15) is 29.8 Å². The molecule has 0 saturated heterocycles. The highest BCUT2D eigenvalue weighted by atomic mass is 35.5. The number of imidazole rings is 1. The SMILES string of the molecule is CCCCc1nc(Cl)c(COC(=O)c2ccc(CO[N+](=O)[O-])cc2)n1Cc1ccc(-c2ccccc2-c2nnn(C(=O)OCCCCO[N+](=O)[O-])n2)cc1. The topological polar surface area (TPSA) is 219 Å². The molecule has 282 valence electrons. The van der Waals surface area contributed by atoms with Crippen molar-refractivity contribution < 1.29 is 38.9 Å². The van der Waals surface area contributed by atoms with Crippen LogP contribution in [0.1, 0.15) is 65.6 Å². The van der Waals surface area contributed by atoms with Crippen LogP contribution in [0.5, 0.6) is 0 Å². The molecule has 0 atom stereocenters. The predicted molar refractivity (Wildman–Crippen MR) is 190 cm³/mol. The molecule has 0 radical (unpaired) electrons. The number of nitrogens with zero attached hydrogens (tertiary/aromatic N) is 8. The molecule has 2 aromatic heterocycles. The van der Waals surface area contributed by atoms with Crippen molar-refractivity contribution in [2.45, 2.75) is 58.8 Å². The fourth-order valence-corrected chi connectivity index (χ4v) is 5.55. The van der Waals surface area contributed by atoms with E-state index in [1.807, 2.05) is 53.1 Å². The Kier molecular flexibility index (Phi) is 13.6. The van der Waals surface area contributed by atoms with Crippen LogP contribution in [0, 0.1) is 20.2 Å². The van der Waals surface area contributed by atoms with Crippen LogP contribution >= 0.6 is 11.6 Å². The standard InChI is InChI=1S/C35H35ClN8O10/c1-2-3-10-31-37-32(36)30(23-52-34(45)27-17-13-25(14-18-27)22-54-44(49)50)41(31)21-24-11-15-26(16-12-24)28-8-4-5-9-29(28)33-38-40-42(39-33)35(46)51-19-6-7-20-53-43(47)48/h4-5,8-9,11-18H,2-3,6-7,10,19-23H2,1H3. The van der Waals surface area contributed by atoms with Crippen LogP contribution in [0.4, 0.5) is 4.79 Å². The van der Waals surface area contributed by atoms with Gasteiger partial charge in [0.25, 0.3) is 10.2 Å². The molecular formula is C35H35ClN8O10. The molecule has 0 fully saturated rings. The summed E-state index contributed by atoms with van der Waals surface area (Å²) in [7, 11) is 0. The summed E-state index contributed by atoms with van der Waals surface area (Å²) >= 11 is 6.60. The largest absolute Gasteiger partial charge is 0.456 e. The number of rotatable bonds is 19. The molecule has 0 aliphatic carbocycles. The van der Waals surface area contributed by atoms with E-state index in [4.69, 9.17) is 21.1 Å². The maximum Gasteiger partial charge on any atom is 0.453 e. The number of tetrazole rings is 1. The Bertz CT molecular complexity index is 2070. The normalized spacial score (nSPS) is 10.9. The molecule has 5 rings (SSSR count). The van der Waals surface area contributed by atoms with Gasteiger partial charge in [-0.15, -0.1) is 30.4 Å². The summed E-state index contributed by atoms with van der Waals surface area (Å²) in [5.41, 5.74) is 4.54. The maximum atomic E-state index is 12.9. The summed E-state index contributed by atoms with van der Waals surface area (Å²) in [6.45, 7) is 2.01. The van der Waals surface area contributed by atoms with Crippen LogP contribution in [0.3, 0.4) is 0 Å². The summed E-state index contributed by atoms with van der Waals surface area (Å²) in [6.07, 6.45) is 2.34. The third kappa shape index (κ3) is 10.6. The van der Waals surface area contributed by atoms with Gasteiger partial charge in [0.15, 0.2) is 5.15 Å². The Labute approximate surface area is 312 Å². The molecule has 2 heterocycles. The molecule has 0 unspecified atom stereocenters. The summed E-state index contributed by atoms with van der Waals surface area (Å²) in [5.74, 6) is 0.371. The number of aryl methyl sites for hydroxylation is 1. The number of unbranched alkanes of at least 4 members (excludes halogenated alkanes) is 2. The van der Waals surface area contributed by atoms with Crippen molar-refractivity contribution in [2.75, 3.05) is 13.2 Å². The van der Waals surface area contributed by atoms with Gasteiger partial charge in [0.1, 0.15) is 19.0 Å². The van der Waals surface area contributed by atoms with Crippen molar-refractivity contribution in [2.24, 2.45) is 0 Å². The zero-order valence-electron chi connectivity index (χ0n) is 29.0. The lowest BCUT2D eigenvalue weighted by atomic mass is 9.98. The highest BCUT2D eigenvalue weighted by Crippen LogP contribution is 2.30. The summed E-state index contributed by atoms with van der Waals surface area (Å²) < 4.78 is 12.7. The van der Waals surface area contributed by atoms with Gasteiger partial charge >= 0.3 is 12.1 Å². The number of esters is 1. The first kappa shape index (κ1) is 38.8. The van der Waals surface area contributed by atoms with E-state index in [0.717, 1.165) is 40.2 Å². The lowest BCUT2D eigenvalue weighted by Gasteiger charge is -2.14.